The van der Waals surface area contributed by atoms with E-state index in [2.05, 4.69) is 39.2 Å². The summed E-state index contributed by atoms with van der Waals surface area (Å²) in [6, 6.07) is 22.4. The number of ether oxygens (including phenoxy) is 3. The molecule has 2 aliphatic carbocycles. The third-order valence-corrected chi connectivity index (χ3v) is 8.51. The topological polar surface area (TPSA) is 123 Å². The van der Waals surface area contributed by atoms with Crippen LogP contribution in [0.5, 0.6) is 11.5 Å². The molecule has 0 radical (unpaired) electrons. The highest BCUT2D eigenvalue weighted by molar-refractivity contribution is 7.92. The van der Waals surface area contributed by atoms with Crippen LogP contribution in [0.2, 0.25) is 0 Å². The van der Waals surface area contributed by atoms with Crippen molar-refractivity contribution in [2.75, 3.05) is 62.9 Å². The quantitative estimate of drug-likeness (QED) is 0.144. The van der Waals surface area contributed by atoms with Crippen LogP contribution in [0.3, 0.4) is 0 Å². The number of benzene rings is 4. The summed E-state index contributed by atoms with van der Waals surface area (Å²) in [6.45, 7) is 10.2. The van der Waals surface area contributed by atoms with Crippen LogP contribution in [0.1, 0.15) is 36.7 Å². The molecule has 11 heteroatoms. The summed E-state index contributed by atoms with van der Waals surface area (Å²) >= 11 is 0. The molecule has 0 unspecified atom stereocenters. The first kappa shape index (κ1) is 33.9. The van der Waals surface area contributed by atoms with Crippen LogP contribution < -0.4 is 19.5 Å². The lowest BCUT2D eigenvalue weighted by atomic mass is 9.86. The Hall–Kier alpha value is -4.45. The maximum absolute atomic E-state index is 13.5. The number of carbonyl (C=O) groups is 2. The summed E-state index contributed by atoms with van der Waals surface area (Å²) in [5, 5.41) is 3.96. The number of amides is 1. The lowest BCUT2D eigenvalue weighted by Gasteiger charge is -2.26. The van der Waals surface area contributed by atoms with Crippen LogP contribution in [0.4, 0.5) is 11.4 Å². The van der Waals surface area contributed by atoms with Gasteiger partial charge in [0, 0.05) is 30.6 Å². The van der Waals surface area contributed by atoms with Crippen molar-refractivity contribution < 1.29 is 32.2 Å². The summed E-state index contributed by atoms with van der Waals surface area (Å²) in [4.78, 5) is 29.1. The minimum atomic E-state index is -3.65. The molecule has 0 aromatic heterocycles. The number of Topliss-reactive ketones (excluding diaryl/α,β-unsaturated/α-hetero) is 1. The number of fused-ring (bicyclic) bond motifs is 2. The van der Waals surface area contributed by atoms with Gasteiger partial charge in [-0.25, -0.2) is 8.42 Å². The lowest BCUT2D eigenvalue weighted by molar-refractivity contribution is -0.112. The fourth-order valence-corrected chi connectivity index (χ4v) is 5.88. The van der Waals surface area contributed by atoms with Gasteiger partial charge in [-0.05, 0) is 57.8 Å². The molecule has 0 spiro atoms. The van der Waals surface area contributed by atoms with Crippen molar-refractivity contribution in [3.05, 3.63) is 83.9 Å². The van der Waals surface area contributed by atoms with Crippen molar-refractivity contribution in [1.29, 1.82) is 0 Å². The molecule has 6 rings (SSSR count). The molecule has 47 heavy (non-hydrogen) atoms. The fraction of sp³-hybridized carbons (Fsp3) is 0.333. The van der Waals surface area contributed by atoms with Gasteiger partial charge >= 0.3 is 0 Å². The number of anilines is 2. The first-order valence-electron chi connectivity index (χ1n) is 15.4. The first-order chi connectivity index (χ1) is 22.3. The largest absolute Gasteiger partial charge is 0.492 e. The Morgan fingerprint density at radius 1 is 0.894 bits per heavy atom. The van der Waals surface area contributed by atoms with E-state index in [4.69, 9.17) is 14.2 Å². The van der Waals surface area contributed by atoms with Gasteiger partial charge in [-0.3, -0.25) is 19.2 Å². The highest BCUT2D eigenvalue weighted by atomic mass is 32.2. The van der Waals surface area contributed by atoms with Gasteiger partial charge in [-0.2, -0.15) is 0 Å². The molecular formula is C36H41N3O7S. The van der Waals surface area contributed by atoms with Crippen LogP contribution >= 0.6 is 0 Å². The van der Waals surface area contributed by atoms with Crippen LogP contribution in [0.25, 0.3) is 21.9 Å². The zero-order valence-electron chi connectivity index (χ0n) is 27.4. The maximum atomic E-state index is 13.5. The summed E-state index contributed by atoms with van der Waals surface area (Å²) in [6.07, 6.45) is 1.03. The lowest BCUT2D eigenvalue weighted by Crippen LogP contribution is -2.38. The fourth-order valence-electron chi connectivity index (χ4n) is 5.33. The van der Waals surface area contributed by atoms with Gasteiger partial charge in [-0.15, -0.1) is 0 Å². The van der Waals surface area contributed by atoms with E-state index >= 15 is 0 Å². The number of hydrogen-bond donors (Lipinski definition) is 2. The second-order valence-corrected chi connectivity index (χ2v) is 14.3. The predicted molar refractivity (Wildman–Crippen MR) is 185 cm³/mol. The highest BCUT2D eigenvalue weighted by Crippen LogP contribution is 2.39. The molecule has 0 atom stereocenters. The van der Waals surface area contributed by atoms with Crippen molar-refractivity contribution in [2.45, 2.75) is 26.2 Å². The summed E-state index contributed by atoms with van der Waals surface area (Å²) in [5.41, 5.74) is 3.75. The van der Waals surface area contributed by atoms with E-state index in [0.29, 0.717) is 31.0 Å². The van der Waals surface area contributed by atoms with Gasteiger partial charge in [0.1, 0.15) is 12.4 Å². The van der Waals surface area contributed by atoms with Gasteiger partial charge in [0.25, 0.3) is 11.7 Å². The standard InChI is InChI=1S/C30H37N3O7S.C6H4/c1-30(2,3)20-18-24(28(38-4)25(19-20)32-41(5,36)37)31-29(35)27(34)23-10-11-26(22-9-7-6-8-21(22)23)40-17-14-33-12-15-39-16-13-33;1-2-5-4-6(5)3-1/h6-11,18-19,32H,12-17H2,1-5H3,(H,31,35);1-4H. The molecule has 0 saturated carbocycles. The Bertz CT molecular complexity index is 1880. The number of carbonyl (C=O) groups excluding carboxylic acids is 2. The minimum absolute atomic E-state index is 0.0958. The normalized spacial score (nSPS) is 14.1. The summed E-state index contributed by atoms with van der Waals surface area (Å²) < 4.78 is 43.4. The second-order valence-electron chi connectivity index (χ2n) is 12.6. The predicted octanol–water partition coefficient (Wildman–Crippen LogP) is 5.72. The zero-order chi connectivity index (χ0) is 33.8. The van der Waals surface area contributed by atoms with Crippen LogP contribution in [0.15, 0.2) is 72.8 Å². The maximum Gasteiger partial charge on any atom is 0.296 e. The van der Waals surface area contributed by atoms with E-state index in [-0.39, 0.29) is 22.7 Å². The van der Waals surface area contributed by atoms with Gasteiger partial charge in [-0.1, -0.05) is 63.2 Å². The van der Waals surface area contributed by atoms with Crippen LogP contribution in [-0.4, -0.2) is 77.8 Å². The third-order valence-electron chi connectivity index (χ3n) is 7.92. The van der Waals surface area contributed by atoms with Gasteiger partial charge in [0.2, 0.25) is 10.0 Å². The Morgan fingerprint density at radius 3 is 2.13 bits per heavy atom. The molecule has 3 aromatic rings. The molecule has 1 saturated heterocycles. The molecule has 248 valence electrons. The number of hydrogen-bond acceptors (Lipinski definition) is 8. The summed E-state index contributed by atoms with van der Waals surface area (Å²) in [7, 11) is -2.28. The molecule has 1 aliphatic heterocycles. The van der Waals surface area contributed by atoms with Gasteiger partial charge in [0.05, 0.1) is 38.0 Å². The number of rotatable bonds is 10. The average Bonchev–Trinajstić information content (AvgIpc) is 3.63. The monoisotopic (exact) mass is 659 g/mol. The van der Waals surface area contributed by atoms with Crippen LogP contribution in [0, 0.1) is 0 Å². The van der Waals surface area contributed by atoms with Gasteiger partial charge in [0.15, 0.2) is 5.75 Å². The van der Waals surface area contributed by atoms with Crippen LogP contribution in [-0.2, 0) is 25.0 Å². The number of nitrogens with one attached hydrogen (secondary N) is 2. The molecule has 3 aromatic carbocycles. The van der Waals surface area contributed by atoms with Crippen molar-refractivity contribution >= 4 is 43.9 Å². The number of morpholine rings is 1. The molecule has 2 N–H and O–H groups in total. The third kappa shape index (κ3) is 8.68. The van der Waals surface area contributed by atoms with E-state index in [1.807, 2.05) is 32.9 Å². The number of sulfonamides is 1. The van der Waals surface area contributed by atoms with E-state index in [1.54, 1.807) is 36.4 Å². The van der Waals surface area contributed by atoms with Crippen molar-refractivity contribution in [3.8, 4) is 22.6 Å². The average molecular weight is 660 g/mol. The van der Waals surface area contributed by atoms with Gasteiger partial charge < -0.3 is 19.5 Å². The molecular weight excluding hydrogens is 618 g/mol. The number of ketones is 1. The molecule has 1 fully saturated rings. The van der Waals surface area contributed by atoms with E-state index < -0.39 is 27.1 Å². The Morgan fingerprint density at radius 2 is 1.55 bits per heavy atom. The van der Waals surface area contributed by atoms with Crippen molar-refractivity contribution in [3.63, 3.8) is 0 Å². The minimum Gasteiger partial charge on any atom is -0.492 e. The smallest absolute Gasteiger partial charge is 0.296 e. The highest BCUT2D eigenvalue weighted by Gasteiger charge is 2.25. The van der Waals surface area contributed by atoms with E-state index in [0.717, 1.165) is 36.8 Å². The molecule has 3 aliphatic rings. The molecule has 0 bridgehead atoms. The SMILES string of the molecule is COc1c(NC(=O)C(=O)c2ccc(OCCN3CCOCC3)c3ccccc23)cc(C(C)(C)C)cc1NS(C)(=O)=O.c1cc2cc-2c1. The van der Waals surface area contributed by atoms with E-state index in [1.165, 1.54) is 18.2 Å². The molecule has 1 heterocycles. The number of nitrogens with zero attached hydrogens (tertiary/aromatic N) is 1. The molecule has 10 nitrogen and oxygen atoms in total. The Balaban J connectivity index is 0.000000638. The van der Waals surface area contributed by atoms with Crippen molar-refractivity contribution in [1.82, 2.24) is 4.90 Å². The summed E-state index contributed by atoms with van der Waals surface area (Å²) in [5.74, 6) is -0.909. The van der Waals surface area contributed by atoms with E-state index in [9.17, 15) is 18.0 Å². The van der Waals surface area contributed by atoms with Crippen molar-refractivity contribution in [2.24, 2.45) is 0 Å². The second kappa shape index (κ2) is 14.1. The Kier molecular flexibility index (Phi) is 10.2. The first-order valence-corrected chi connectivity index (χ1v) is 17.3. The Labute approximate surface area is 276 Å². The zero-order valence-corrected chi connectivity index (χ0v) is 28.2. The molecule has 1 amide bonds. The number of methoxy groups -OCH3 is 1.